The molecule has 0 bridgehead atoms. The highest BCUT2D eigenvalue weighted by atomic mass is 16.1. The Kier molecular flexibility index (Phi) is 3.78. The molecule has 3 N–H and O–H groups in total. The van der Waals surface area contributed by atoms with Gasteiger partial charge in [-0.1, -0.05) is 0 Å². The summed E-state index contributed by atoms with van der Waals surface area (Å²) in [6.45, 7) is 4.85. The highest BCUT2D eigenvalue weighted by Crippen LogP contribution is 2.13. The minimum atomic E-state index is 0.198. The molecule has 2 aliphatic rings. The number of hydrogen-bond donors (Lipinski definition) is 2. The van der Waals surface area contributed by atoms with E-state index in [1.165, 1.54) is 0 Å². The lowest BCUT2D eigenvalue weighted by Gasteiger charge is -2.40. The molecule has 92 valence electrons. The number of nitrogens with zero attached hydrogens (tertiary/aromatic N) is 2. The van der Waals surface area contributed by atoms with Gasteiger partial charge >= 0.3 is 0 Å². The highest BCUT2D eigenvalue weighted by molar-refractivity contribution is 5.78. The molecule has 2 aliphatic heterocycles. The SMILES string of the molecule is CN1CCN(CC2CCC(=O)N2)C(CN)C1. The lowest BCUT2D eigenvalue weighted by molar-refractivity contribution is -0.119. The number of hydrogen-bond acceptors (Lipinski definition) is 4. The van der Waals surface area contributed by atoms with E-state index < -0.39 is 0 Å². The van der Waals surface area contributed by atoms with Crippen LogP contribution in [0.1, 0.15) is 12.8 Å². The lowest BCUT2D eigenvalue weighted by Crippen LogP contribution is -2.57. The summed E-state index contributed by atoms with van der Waals surface area (Å²) in [5.41, 5.74) is 5.80. The molecule has 0 aromatic carbocycles. The van der Waals surface area contributed by atoms with Gasteiger partial charge in [0, 0.05) is 51.2 Å². The number of amides is 1. The van der Waals surface area contributed by atoms with Crippen molar-refractivity contribution in [3.8, 4) is 0 Å². The molecule has 2 saturated heterocycles. The monoisotopic (exact) mass is 226 g/mol. The minimum Gasteiger partial charge on any atom is -0.352 e. The molecule has 5 heteroatoms. The number of likely N-dealkylation sites (N-methyl/N-ethyl adjacent to an activating group) is 1. The third-order valence-electron chi connectivity index (χ3n) is 3.62. The van der Waals surface area contributed by atoms with Crippen LogP contribution >= 0.6 is 0 Å². The smallest absolute Gasteiger partial charge is 0.220 e. The van der Waals surface area contributed by atoms with Crippen LogP contribution < -0.4 is 11.1 Å². The first-order valence-electron chi connectivity index (χ1n) is 6.11. The van der Waals surface area contributed by atoms with Crippen LogP contribution in [-0.4, -0.2) is 67.6 Å². The first-order chi connectivity index (χ1) is 7.69. The number of nitrogens with one attached hydrogen (secondary N) is 1. The minimum absolute atomic E-state index is 0.198. The standard InChI is InChI=1S/C11H22N4O/c1-14-4-5-15(10(6-12)8-14)7-9-2-3-11(16)13-9/h9-10H,2-8,12H2,1H3,(H,13,16). The summed E-state index contributed by atoms with van der Waals surface area (Å²) in [5, 5.41) is 3.02. The van der Waals surface area contributed by atoms with Crippen LogP contribution in [0.15, 0.2) is 0 Å². The van der Waals surface area contributed by atoms with E-state index in [2.05, 4.69) is 22.2 Å². The molecule has 5 nitrogen and oxygen atoms in total. The molecular formula is C11H22N4O. The van der Waals surface area contributed by atoms with Crippen LogP contribution in [0.25, 0.3) is 0 Å². The second-order valence-corrected chi connectivity index (χ2v) is 4.95. The fraction of sp³-hybridized carbons (Fsp3) is 0.909. The van der Waals surface area contributed by atoms with Gasteiger partial charge in [-0.2, -0.15) is 0 Å². The Morgan fingerprint density at radius 2 is 2.31 bits per heavy atom. The van der Waals surface area contributed by atoms with Gasteiger partial charge in [-0.15, -0.1) is 0 Å². The Bertz CT molecular complexity index is 258. The molecule has 0 radical (unpaired) electrons. The fourth-order valence-electron chi connectivity index (χ4n) is 2.61. The van der Waals surface area contributed by atoms with Crippen molar-refractivity contribution in [3.63, 3.8) is 0 Å². The van der Waals surface area contributed by atoms with Gasteiger partial charge in [-0.3, -0.25) is 9.69 Å². The second kappa shape index (κ2) is 5.12. The molecule has 0 aliphatic carbocycles. The van der Waals surface area contributed by atoms with E-state index in [-0.39, 0.29) is 5.91 Å². The van der Waals surface area contributed by atoms with Crippen LogP contribution in [0.3, 0.4) is 0 Å². The molecule has 2 atom stereocenters. The quantitative estimate of drug-likeness (QED) is 0.637. The largest absolute Gasteiger partial charge is 0.352 e. The van der Waals surface area contributed by atoms with Crippen LogP contribution in [0.4, 0.5) is 0 Å². The summed E-state index contributed by atoms with van der Waals surface area (Å²) in [5.74, 6) is 0.198. The van der Waals surface area contributed by atoms with Crippen molar-refractivity contribution in [1.82, 2.24) is 15.1 Å². The zero-order chi connectivity index (χ0) is 11.5. The van der Waals surface area contributed by atoms with E-state index in [0.717, 1.165) is 32.6 Å². The Balaban J connectivity index is 1.85. The Morgan fingerprint density at radius 3 is 2.94 bits per heavy atom. The molecule has 2 heterocycles. The van der Waals surface area contributed by atoms with Crippen molar-refractivity contribution in [2.75, 3.05) is 39.8 Å². The van der Waals surface area contributed by atoms with Gasteiger partial charge in [0.15, 0.2) is 0 Å². The summed E-state index contributed by atoms with van der Waals surface area (Å²) in [7, 11) is 2.14. The third kappa shape index (κ3) is 2.72. The van der Waals surface area contributed by atoms with Gasteiger partial charge in [0.05, 0.1) is 0 Å². The predicted octanol–water partition coefficient (Wildman–Crippen LogP) is -1.16. The highest BCUT2D eigenvalue weighted by Gasteiger charge is 2.29. The van der Waals surface area contributed by atoms with Crippen molar-refractivity contribution in [3.05, 3.63) is 0 Å². The van der Waals surface area contributed by atoms with Gasteiger partial charge in [0.2, 0.25) is 5.91 Å². The van der Waals surface area contributed by atoms with Crippen LogP contribution in [0.5, 0.6) is 0 Å². The molecule has 2 fully saturated rings. The summed E-state index contributed by atoms with van der Waals surface area (Å²) in [6.07, 6.45) is 1.66. The number of carbonyl (C=O) groups excluding carboxylic acids is 1. The molecule has 16 heavy (non-hydrogen) atoms. The Labute approximate surface area is 96.9 Å². The first kappa shape index (κ1) is 11.8. The number of nitrogens with two attached hydrogens (primary N) is 1. The number of carbonyl (C=O) groups is 1. The van der Waals surface area contributed by atoms with Crippen molar-refractivity contribution in [2.24, 2.45) is 5.73 Å². The van der Waals surface area contributed by atoms with Crippen LogP contribution in [-0.2, 0) is 4.79 Å². The number of rotatable bonds is 3. The van der Waals surface area contributed by atoms with Gasteiger partial charge in [0.1, 0.15) is 0 Å². The normalized spacial score (nSPS) is 33.0. The second-order valence-electron chi connectivity index (χ2n) is 4.95. The first-order valence-corrected chi connectivity index (χ1v) is 6.11. The van der Waals surface area contributed by atoms with E-state index in [1.54, 1.807) is 0 Å². The maximum Gasteiger partial charge on any atom is 0.220 e. The van der Waals surface area contributed by atoms with Crippen molar-refractivity contribution < 1.29 is 4.79 Å². The summed E-state index contributed by atoms with van der Waals surface area (Å²) in [6, 6.07) is 0.779. The summed E-state index contributed by atoms with van der Waals surface area (Å²) in [4.78, 5) is 15.9. The maximum atomic E-state index is 11.1. The third-order valence-corrected chi connectivity index (χ3v) is 3.62. The van der Waals surface area contributed by atoms with E-state index in [0.29, 0.717) is 25.0 Å². The van der Waals surface area contributed by atoms with Gasteiger partial charge in [-0.05, 0) is 13.5 Å². The maximum absolute atomic E-state index is 11.1. The van der Waals surface area contributed by atoms with E-state index >= 15 is 0 Å². The van der Waals surface area contributed by atoms with Crippen LogP contribution in [0, 0.1) is 0 Å². The predicted molar refractivity (Wildman–Crippen MR) is 63.1 cm³/mol. The molecule has 2 unspecified atom stereocenters. The van der Waals surface area contributed by atoms with E-state index in [1.807, 2.05) is 0 Å². The van der Waals surface area contributed by atoms with Gasteiger partial charge < -0.3 is 16.0 Å². The van der Waals surface area contributed by atoms with Crippen molar-refractivity contribution in [2.45, 2.75) is 24.9 Å². The molecule has 0 spiro atoms. The zero-order valence-corrected chi connectivity index (χ0v) is 9.98. The molecule has 0 saturated carbocycles. The average Bonchev–Trinajstić information content (AvgIpc) is 2.67. The number of piperazine rings is 1. The lowest BCUT2D eigenvalue weighted by atomic mass is 10.1. The molecule has 1 amide bonds. The van der Waals surface area contributed by atoms with Gasteiger partial charge in [0.25, 0.3) is 0 Å². The summed E-state index contributed by atoms with van der Waals surface area (Å²) < 4.78 is 0. The molecule has 2 rings (SSSR count). The van der Waals surface area contributed by atoms with Gasteiger partial charge in [-0.25, -0.2) is 0 Å². The fourth-order valence-corrected chi connectivity index (χ4v) is 2.61. The zero-order valence-electron chi connectivity index (χ0n) is 9.98. The van der Waals surface area contributed by atoms with Crippen LogP contribution in [0.2, 0.25) is 0 Å². The molecule has 0 aromatic heterocycles. The molecular weight excluding hydrogens is 204 g/mol. The topological polar surface area (TPSA) is 61.6 Å². The van der Waals surface area contributed by atoms with E-state index in [4.69, 9.17) is 5.73 Å². The average molecular weight is 226 g/mol. The Hall–Kier alpha value is -0.650. The van der Waals surface area contributed by atoms with Crippen molar-refractivity contribution >= 4 is 5.91 Å². The van der Waals surface area contributed by atoms with E-state index in [9.17, 15) is 4.79 Å². The Morgan fingerprint density at radius 1 is 1.50 bits per heavy atom. The van der Waals surface area contributed by atoms with Crippen molar-refractivity contribution in [1.29, 1.82) is 0 Å². The molecule has 0 aromatic rings. The summed E-state index contributed by atoms with van der Waals surface area (Å²) >= 11 is 0.